The second-order valence-corrected chi connectivity index (χ2v) is 5.22. The van der Waals surface area contributed by atoms with Crippen molar-refractivity contribution in [2.45, 2.75) is 39.5 Å². The fourth-order valence-corrected chi connectivity index (χ4v) is 2.09. The first-order valence-corrected chi connectivity index (χ1v) is 6.35. The Bertz CT molecular complexity index is 219. The van der Waals surface area contributed by atoms with Crippen LogP contribution in [0.2, 0.25) is 0 Å². The molecule has 1 aliphatic heterocycles. The van der Waals surface area contributed by atoms with Gasteiger partial charge in [0.1, 0.15) is 17.4 Å². The zero-order valence-corrected chi connectivity index (χ0v) is 10.4. The fraction of sp³-hybridized carbons (Fsp3) is 0.900. The van der Waals surface area contributed by atoms with Crippen molar-refractivity contribution in [1.29, 1.82) is 0 Å². The van der Waals surface area contributed by atoms with Gasteiger partial charge in [-0.3, -0.25) is 5.32 Å². The number of aliphatic hydroxyl groups is 1. The molecule has 0 spiro atoms. The standard InChI is InChI=1S/C10H20N2O2S/c1-7(2)9-6-10(12-14-9)15-5-4-11-8(3)13/h7-9,11,13H,4-6H2,1-3H3. The Labute approximate surface area is 95.4 Å². The van der Waals surface area contributed by atoms with Crippen molar-refractivity contribution in [3.8, 4) is 0 Å². The minimum atomic E-state index is -0.434. The molecular weight excluding hydrogens is 212 g/mol. The fourth-order valence-electron chi connectivity index (χ4n) is 1.25. The van der Waals surface area contributed by atoms with Gasteiger partial charge in [-0.25, -0.2) is 0 Å². The van der Waals surface area contributed by atoms with Crippen molar-refractivity contribution >= 4 is 16.8 Å². The van der Waals surface area contributed by atoms with Gasteiger partial charge < -0.3 is 9.94 Å². The summed E-state index contributed by atoms with van der Waals surface area (Å²) in [6, 6.07) is 0. The summed E-state index contributed by atoms with van der Waals surface area (Å²) in [7, 11) is 0. The van der Waals surface area contributed by atoms with E-state index in [0.717, 1.165) is 23.8 Å². The molecule has 2 atom stereocenters. The molecule has 2 unspecified atom stereocenters. The summed E-state index contributed by atoms with van der Waals surface area (Å²) in [5.41, 5.74) is 0. The van der Waals surface area contributed by atoms with Gasteiger partial charge in [-0.2, -0.15) is 0 Å². The lowest BCUT2D eigenvalue weighted by molar-refractivity contribution is 0.0521. The minimum absolute atomic E-state index is 0.247. The van der Waals surface area contributed by atoms with Crippen LogP contribution in [0.4, 0.5) is 0 Å². The lowest BCUT2D eigenvalue weighted by Crippen LogP contribution is -2.27. The van der Waals surface area contributed by atoms with Crippen molar-refractivity contribution in [3.05, 3.63) is 0 Å². The van der Waals surface area contributed by atoms with Gasteiger partial charge in [-0.1, -0.05) is 19.0 Å². The van der Waals surface area contributed by atoms with E-state index in [4.69, 9.17) is 9.94 Å². The first-order valence-electron chi connectivity index (χ1n) is 5.36. The molecule has 88 valence electrons. The molecular formula is C10H20N2O2S. The number of thioether (sulfide) groups is 1. The zero-order valence-electron chi connectivity index (χ0n) is 9.56. The molecule has 1 heterocycles. The SMILES string of the molecule is CC(O)NCCSC1=NOC(C(C)C)C1. The molecule has 0 fully saturated rings. The average molecular weight is 232 g/mol. The molecule has 0 bridgehead atoms. The first-order chi connectivity index (χ1) is 7.09. The van der Waals surface area contributed by atoms with Crippen molar-refractivity contribution in [1.82, 2.24) is 5.32 Å². The van der Waals surface area contributed by atoms with E-state index in [-0.39, 0.29) is 6.10 Å². The maximum absolute atomic E-state index is 8.98. The predicted octanol–water partition coefficient (Wildman–Crippen LogP) is 1.41. The van der Waals surface area contributed by atoms with Crippen LogP contribution in [0, 0.1) is 5.92 Å². The summed E-state index contributed by atoms with van der Waals surface area (Å²) in [6.45, 7) is 6.79. The van der Waals surface area contributed by atoms with Crippen molar-refractivity contribution in [2.75, 3.05) is 12.3 Å². The third-order valence-corrected chi connectivity index (χ3v) is 3.20. The van der Waals surface area contributed by atoms with Gasteiger partial charge in [-0.15, -0.1) is 11.8 Å². The summed E-state index contributed by atoms with van der Waals surface area (Å²) in [4.78, 5) is 5.30. The largest absolute Gasteiger partial charge is 0.391 e. The molecule has 0 amide bonds. The molecule has 0 aliphatic carbocycles. The van der Waals surface area contributed by atoms with E-state index in [2.05, 4.69) is 24.3 Å². The van der Waals surface area contributed by atoms with Crippen molar-refractivity contribution < 1.29 is 9.94 Å². The van der Waals surface area contributed by atoms with Gasteiger partial charge >= 0.3 is 0 Å². The summed E-state index contributed by atoms with van der Waals surface area (Å²) in [5.74, 6) is 1.43. The first kappa shape index (κ1) is 12.8. The lowest BCUT2D eigenvalue weighted by atomic mass is 10.1. The summed E-state index contributed by atoms with van der Waals surface area (Å²) in [6.07, 6.45) is 0.741. The Morgan fingerprint density at radius 3 is 2.87 bits per heavy atom. The Morgan fingerprint density at radius 2 is 2.33 bits per heavy atom. The topological polar surface area (TPSA) is 53.8 Å². The maximum Gasteiger partial charge on any atom is 0.136 e. The third-order valence-electron chi connectivity index (χ3n) is 2.22. The molecule has 0 radical (unpaired) electrons. The summed E-state index contributed by atoms with van der Waals surface area (Å²) < 4.78 is 0. The van der Waals surface area contributed by atoms with Crippen LogP contribution in [-0.4, -0.2) is 34.8 Å². The van der Waals surface area contributed by atoms with E-state index in [0.29, 0.717) is 5.92 Å². The number of nitrogens with zero attached hydrogens (tertiary/aromatic N) is 1. The highest BCUT2D eigenvalue weighted by molar-refractivity contribution is 8.13. The van der Waals surface area contributed by atoms with Gasteiger partial charge in [-0.05, 0) is 12.8 Å². The monoisotopic (exact) mass is 232 g/mol. The normalized spacial score (nSPS) is 22.7. The number of nitrogens with one attached hydrogen (secondary N) is 1. The predicted molar refractivity (Wildman–Crippen MR) is 63.9 cm³/mol. The zero-order chi connectivity index (χ0) is 11.3. The molecule has 4 nitrogen and oxygen atoms in total. The quantitative estimate of drug-likeness (QED) is 0.556. The van der Waals surface area contributed by atoms with Gasteiger partial charge in [0, 0.05) is 18.7 Å². The highest BCUT2D eigenvalue weighted by atomic mass is 32.2. The van der Waals surface area contributed by atoms with E-state index < -0.39 is 6.23 Å². The number of rotatable bonds is 5. The van der Waals surface area contributed by atoms with Crippen LogP contribution in [0.5, 0.6) is 0 Å². The summed E-state index contributed by atoms with van der Waals surface area (Å²) >= 11 is 1.70. The van der Waals surface area contributed by atoms with E-state index in [1.165, 1.54) is 0 Å². The molecule has 15 heavy (non-hydrogen) atoms. The molecule has 0 aromatic rings. The van der Waals surface area contributed by atoms with Gasteiger partial charge in [0.05, 0.1) is 0 Å². The smallest absolute Gasteiger partial charge is 0.136 e. The molecule has 2 N–H and O–H groups in total. The van der Waals surface area contributed by atoms with Crippen LogP contribution < -0.4 is 5.32 Å². The lowest BCUT2D eigenvalue weighted by Gasteiger charge is -2.10. The molecule has 0 saturated carbocycles. The van der Waals surface area contributed by atoms with E-state index in [1.807, 2.05) is 0 Å². The van der Waals surface area contributed by atoms with Crippen LogP contribution in [0.25, 0.3) is 0 Å². The highest BCUT2D eigenvalue weighted by Crippen LogP contribution is 2.23. The average Bonchev–Trinajstić information content (AvgIpc) is 2.60. The Morgan fingerprint density at radius 1 is 1.60 bits per heavy atom. The summed E-state index contributed by atoms with van der Waals surface area (Å²) in [5, 5.41) is 17.0. The molecule has 0 aromatic carbocycles. The number of oxime groups is 1. The van der Waals surface area contributed by atoms with Gasteiger partial charge in [0.15, 0.2) is 0 Å². The molecule has 1 rings (SSSR count). The highest BCUT2D eigenvalue weighted by Gasteiger charge is 2.23. The van der Waals surface area contributed by atoms with Crippen LogP contribution in [0.1, 0.15) is 27.2 Å². The van der Waals surface area contributed by atoms with Gasteiger partial charge in [0.25, 0.3) is 0 Å². The van der Waals surface area contributed by atoms with Gasteiger partial charge in [0.2, 0.25) is 0 Å². The Balaban J connectivity index is 2.09. The molecule has 0 saturated heterocycles. The molecule has 0 aromatic heterocycles. The number of hydrogen-bond acceptors (Lipinski definition) is 5. The van der Waals surface area contributed by atoms with Crippen LogP contribution in [0.15, 0.2) is 5.16 Å². The minimum Gasteiger partial charge on any atom is -0.391 e. The van der Waals surface area contributed by atoms with E-state index in [1.54, 1.807) is 18.7 Å². The second kappa shape index (κ2) is 6.35. The van der Waals surface area contributed by atoms with Crippen LogP contribution in [-0.2, 0) is 4.84 Å². The number of aliphatic hydroxyl groups excluding tert-OH is 1. The maximum atomic E-state index is 8.98. The van der Waals surface area contributed by atoms with Crippen LogP contribution >= 0.6 is 11.8 Å². The third kappa shape index (κ3) is 4.86. The van der Waals surface area contributed by atoms with E-state index >= 15 is 0 Å². The van der Waals surface area contributed by atoms with Crippen molar-refractivity contribution in [2.24, 2.45) is 11.1 Å². The molecule has 1 aliphatic rings. The van der Waals surface area contributed by atoms with Crippen molar-refractivity contribution in [3.63, 3.8) is 0 Å². The number of hydrogen-bond donors (Lipinski definition) is 2. The Hall–Kier alpha value is -0.260. The van der Waals surface area contributed by atoms with Crippen LogP contribution in [0.3, 0.4) is 0 Å². The van der Waals surface area contributed by atoms with E-state index in [9.17, 15) is 0 Å². The Kier molecular flexibility index (Phi) is 5.42. The molecule has 5 heteroatoms. The second-order valence-electron chi connectivity index (χ2n) is 4.06.